The van der Waals surface area contributed by atoms with Gasteiger partial charge in [0.25, 0.3) is 0 Å². The summed E-state index contributed by atoms with van der Waals surface area (Å²) in [6.07, 6.45) is 3.15. The average molecular weight is 345 g/mol. The maximum Gasteiger partial charge on any atom is 0.134 e. The van der Waals surface area contributed by atoms with Gasteiger partial charge in [-0.15, -0.1) is 0 Å². The average Bonchev–Trinajstić information content (AvgIpc) is 3.27. The molecule has 132 valence electrons. The number of halogens is 2. The number of hydrogen-bond acceptors (Lipinski definition) is 4. The lowest BCUT2D eigenvalue weighted by Crippen LogP contribution is -2.20. The number of fused-ring (bicyclic) bond motifs is 1. The minimum absolute atomic E-state index is 0.120. The second-order valence-corrected chi connectivity index (χ2v) is 6.62. The van der Waals surface area contributed by atoms with Crippen molar-refractivity contribution >= 4 is 5.82 Å². The van der Waals surface area contributed by atoms with Gasteiger partial charge in [0.1, 0.15) is 29.8 Å². The molecule has 1 saturated heterocycles. The molecule has 2 aliphatic rings. The van der Waals surface area contributed by atoms with E-state index in [0.29, 0.717) is 6.54 Å². The molecule has 4 nitrogen and oxygen atoms in total. The highest BCUT2D eigenvalue weighted by molar-refractivity contribution is 5.49. The van der Waals surface area contributed by atoms with E-state index in [4.69, 9.17) is 4.74 Å². The van der Waals surface area contributed by atoms with Gasteiger partial charge in [-0.2, -0.15) is 0 Å². The van der Waals surface area contributed by atoms with Crippen LogP contribution >= 0.6 is 0 Å². The lowest BCUT2D eigenvalue weighted by molar-refractivity contribution is 0.293. The molecule has 0 radical (unpaired) electrons. The van der Waals surface area contributed by atoms with Gasteiger partial charge in [-0.3, -0.25) is 4.90 Å². The third-order valence-corrected chi connectivity index (χ3v) is 4.80. The largest absolute Gasteiger partial charge is 0.487 e. The molecule has 2 aromatic rings. The van der Waals surface area contributed by atoms with E-state index in [2.05, 4.69) is 15.2 Å². The van der Waals surface area contributed by atoms with E-state index >= 15 is 0 Å². The molecular formula is C19H21F2N3O. The summed E-state index contributed by atoms with van der Waals surface area (Å²) in [7, 11) is 0. The number of aromatic nitrogens is 1. The summed E-state index contributed by atoms with van der Waals surface area (Å²) in [4.78, 5) is 6.54. The van der Waals surface area contributed by atoms with E-state index in [1.54, 1.807) is 0 Å². The van der Waals surface area contributed by atoms with E-state index in [9.17, 15) is 8.78 Å². The number of likely N-dealkylation sites (tertiary alicyclic amines) is 1. The third kappa shape index (κ3) is 3.58. The van der Waals surface area contributed by atoms with Crippen molar-refractivity contribution in [1.82, 2.24) is 9.88 Å². The quantitative estimate of drug-likeness (QED) is 0.900. The fraction of sp³-hybridized carbons (Fsp3) is 0.421. The molecule has 0 spiro atoms. The molecule has 1 N–H and O–H groups in total. The summed E-state index contributed by atoms with van der Waals surface area (Å²) in [5.41, 5.74) is 2.04. The Bertz CT molecular complexity index is 752. The van der Waals surface area contributed by atoms with Crippen molar-refractivity contribution in [3.63, 3.8) is 0 Å². The van der Waals surface area contributed by atoms with Gasteiger partial charge < -0.3 is 10.1 Å². The molecule has 0 saturated carbocycles. The Morgan fingerprint density at radius 3 is 2.64 bits per heavy atom. The minimum Gasteiger partial charge on any atom is -0.487 e. The molecule has 0 amide bonds. The molecule has 6 heteroatoms. The molecule has 1 aromatic carbocycles. The van der Waals surface area contributed by atoms with Crippen molar-refractivity contribution in [3.05, 3.63) is 52.7 Å². The van der Waals surface area contributed by atoms with Crippen molar-refractivity contribution in [3.8, 4) is 5.75 Å². The zero-order valence-corrected chi connectivity index (χ0v) is 14.0. The van der Waals surface area contributed by atoms with Crippen LogP contribution in [0.4, 0.5) is 14.6 Å². The van der Waals surface area contributed by atoms with Gasteiger partial charge in [-0.05, 0) is 44.0 Å². The monoisotopic (exact) mass is 345 g/mol. The highest BCUT2D eigenvalue weighted by Gasteiger charge is 2.18. The number of hydrogen-bond donors (Lipinski definition) is 1. The van der Waals surface area contributed by atoms with Crippen LogP contribution in [0.1, 0.15) is 29.7 Å². The van der Waals surface area contributed by atoms with Gasteiger partial charge in [0.2, 0.25) is 0 Å². The van der Waals surface area contributed by atoms with Crippen LogP contribution in [0.2, 0.25) is 0 Å². The molecule has 0 bridgehead atoms. The van der Waals surface area contributed by atoms with Gasteiger partial charge >= 0.3 is 0 Å². The number of anilines is 1. The summed E-state index contributed by atoms with van der Waals surface area (Å²) >= 11 is 0. The minimum atomic E-state index is -0.550. The molecule has 0 unspecified atom stereocenters. The maximum absolute atomic E-state index is 14.3. The Labute approximate surface area is 145 Å². The maximum atomic E-state index is 14.3. The van der Waals surface area contributed by atoms with Crippen LogP contribution in [0.25, 0.3) is 0 Å². The first-order chi connectivity index (χ1) is 12.2. The molecule has 3 heterocycles. The van der Waals surface area contributed by atoms with Crippen molar-refractivity contribution < 1.29 is 13.5 Å². The molecule has 4 rings (SSSR count). The van der Waals surface area contributed by atoms with E-state index in [1.807, 2.05) is 12.1 Å². The highest BCUT2D eigenvalue weighted by atomic mass is 19.1. The smallest absolute Gasteiger partial charge is 0.134 e. The number of rotatable bonds is 5. The van der Waals surface area contributed by atoms with Crippen molar-refractivity contribution in [2.75, 3.05) is 25.0 Å². The molecule has 1 aromatic heterocycles. The van der Waals surface area contributed by atoms with Crippen LogP contribution in [0, 0.1) is 11.6 Å². The van der Waals surface area contributed by atoms with Crippen molar-refractivity contribution in [1.29, 1.82) is 0 Å². The van der Waals surface area contributed by atoms with E-state index in [1.165, 1.54) is 17.7 Å². The van der Waals surface area contributed by atoms with Crippen LogP contribution in [0.15, 0.2) is 24.3 Å². The third-order valence-electron chi connectivity index (χ3n) is 4.80. The Balaban J connectivity index is 1.44. The summed E-state index contributed by atoms with van der Waals surface area (Å²) in [5.74, 6) is -0.0363. The van der Waals surface area contributed by atoms with Gasteiger partial charge in [0.15, 0.2) is 0 Å². The summed E-state index contributed by atoms with van der Waals surface area (Å²) in [6.45, 7) is 3.18. The predicted octanol–water partition coefficient (Wildman–Crippen LogP) is 3.50. The van der Waals surface area contributed by atoms with Crippen LogP contribution in [0.3, 0.4) is 0 Å². The van der Waals surface area contributed by atoms with Crippen LogP contribution in [-0.4, -0.2) is 29.5 Å². The fourth-order valence-corrected chi connectivity index (χ4v) is 3.41. The first-order valence-electron chi connectivity index (χ1n) is 8.75. The Kier molecular flexibility index (Phi) is 4.53. The lowest BCUT2D eigenvalue weighted by atomic mass is 10.1. The molecule has 0 aliphatic carbocycles. The highest BCUT2D eigenvalue weighted by Crippen LogP contribution is 2.25. The first kappa shape index (κ1) is 16.3. The normalized spacial score (nSPS) is 16.7. The van der Waals surface area contributed by atoms with Crippen molar-refractivity contribution in [2.24, 2.45) is 0 Å². The first-order valence-corrected chi connectivity index (χ1v) is 8.75. The number of nitrogens with one attached hydrogen (secondary N) is 1. The topological polar surface area (TPSA) is 37.4 Å². The number of pyridine rings is 1. The fourth-order valence-electron chi connectivity index (χ4n) is 3.41. The van der Waals surface area contributed by atoms with Crippen molar-refractivity contribution in [2.45, 2.75) is 32.4 Å². The van der Waals surface area contributed by atoms with Crippen LogP contribution in [0.5, 0.6) is 5.75 Å². The van der Waals surface area contributed by atoms with E-state index in [0.717, 1.165) is 50.4 Å². The zero-order valence-electron chi connectivity index (χ0n) is 14.0. The molecule has 2 aliphatic heterocycles. The standard InChI is InChI=1S/C19H21F2N3O/c20-17-9-15(10-18(21)16(17)11-24-7-1-2-8-24)25-12-14-4-3-13-5-6-22-19(13)23-14/h3-4,9-10H,1-2,5-8,11-12H2,(H,22,23). The summed E-state index contributed by atoms with van der Waals surface area (Å²) in [6, 6.07) is 6.43. The number of nitrogens with zero attached hydrogens (tertiary/aromatic N) is 2. The number of ether oxygens (including phenoxy) is 1. The van der Waals surface area contributed by atoms with E-state index in [-0.39, 0.29) is 17.9 Å². The van der Waals surface area contributed by atoms with E-state index < -0.39 is 11.6 Å². The van der Waals surface area contributed by atoms with Crippen LogP contribution in [-0.2, 0) is 19.6 Å². The molecule has 0 atom stereocenters. The number of benzene rings is 1. The molecule has 1 fully saturated rings. The summed E-state index contributed by atoms with van der Waals surface area (Å²) < 4.78 is 34.2. The lowest BCUT2D eigenvalue weighted by Gasteiger charge is -2.16. The Hall–Kier alpha value is -2.21. The Morgan fingerprint density at radius 1 is 1.12 bits per heavy atom. The SMILES string of the molecule is Fc1cc(OCc2ccc3c(n2)NCC3)cc(F)c1CN1CCCC1. The second-order valence-electron chi connectivity index (χ2n) is 6.62. The zero-order chi connectivity index (χ0) is 17.2. The second kappa shape index (κ2) is 6.96. The van der Waals surface area contributed by atoms with Gasteiger partial charge in [-0.1, -0.05) is 6.07 Å². The molecular weight excluding hydrogens is 324 g/mol. The van der Waals surface area contributed by atoms with Gasteiger partial charge in [0.05, 0.1) is 5.69 Å². The predicted molar refractivity (Wildman–Crippen MR) is 91.6 cm³/mol. The van der Waals surface area contributed by atoms with Gasteiger partial charge in [0, 0.05) is 30.8 Å². The van der Waals surface area contributed by atoms with Gasteiger partial charge in [-0.25, -0.2) is 13.8 Å². The summed E-state index contributed by atoms with van der Waals surface area (Å²) in [5, 5.41) is 3.21. The molecule has 25 heavy (non-hydrogen) atoms. The van der Waals surface area contributed by atoms with Crippen LogP contribution < -0.4 is 10.1 Å². The Morgan fingerprint density at radius 2 is 1.88 bits per heavy atom.